The van der Waals surface area contributed by atoms with Gasteiger partial charge in [0.05, 0.1) is 18.1 Å². The highest BCUT2D eigenvalue weighted by Gasteiger charge is 2.43. The number of carbonyl (C=O) groups is 1. The third kappa shape index (κ3) is 3.65. The standard InChI is InChI=1S/C23H23FN2O/c24-22-12-16(10-11-25)6-9-21(22)23(27)18-13-19-7-8-20(14-18)26(19)15-17-4-2-1-3-5-17/h1-6,9,12,18-20H,7-8,10,13-15H2. The van der Waals surface area contributed by atoms with Gasteiger partial charge in [-0.25, -0.2) is 4.39 Å². The number of hydrogen-bond acceptors (Lipinski definition) is 3. The van der Waals surface area contributed by atoms with E-state index in [1.165, 1.54) is 11.6 Å². The van der Waals surface area contributed by atoms with Crippen molar-refractivity contribution in [3.63, 3.8) is 0 Å². The lowest BCUT2D eigenvalue weighted by Gasteiger charge is -2.38. The maximum absolute atomic E-state index is 14.4. The van der Waals surface area contributed by atoms with E-state index >= 15 is 0 Å². The van der Waals surface area contributed by atoms with Gasteiger partial charge in [-0.1, -0.05) is 36.4 Å². The van der Waals surface area contributed by atoms with Crippen LogP contribution in [0.3, 0.4) is 0 Å². The second-order valence-electron chi connectivity index (χ2n) is 7.72. The van der Waals surface area contributed by atoms with Crippen LogP contribution in [0, 0.1) is 23.1 Å². The number of nitriles is 1. The summed E-state index contributed by atoms with van der Waals surface area (Å²) in [7, 11) is 0. The molecule has 0 N–H and O–H groups in total. The quantitative estimate of drug-likeness (QED) is 0.735. The first-order chi connectivity index (χ1) is 13.2. The van der Waals surface area contributed by atoms with Crippen LogP contribution in [-0.4, -0.2) is 22.8 Å². The number of fused-ring (bicyclic) bond motifs is 2. The molecule has 0 saturated carbocycles. The Morgan fingerprint density at radius 1 is 1.07 bits per heavy atom. The van der Waals surface area contributed by atoms with Crippen LogP contribution in [-0.2, 0) is 13.0 Å². The molecule has 4 heteroatoms. The number of piperidine rings is 1. The van der Waals surface area contributed by atoms with Gasteiger partial charge in [0, 0.05) is 24.5 Å². The fourth-order valence-corrected chi connectivity index (χ4v) is 4.72. The van der Waals surface area contributed by atoms with Gasteiger partial charge < -0.3 is 0 Å². The van der Waals surface area contributed by atoms with Gasteiger partial charge in [0.1, 0.15) is 5.82 Å². The monoisotopic (exact) mass is 362 g/mol. The summed E-state index contributed by atoms with van der Waals surface area (Å²) in [5, 5.41) is 8.74. The number of ketones is 1. The van der Waals surface area contributed by atoms with Crippen LogP contribution in [0.15, 0.2) is 48.5 Å². The fourth-order valence-electron chi connectivity index (χ4n) is 4.72. The van der Waals surface area contributed by atoms with Gasteiger partial charge in [-0.15, -0.1) is 0 Å². The van der Waals surface area contributed by atoms with Crippen molar-refractivity contribution in [1.82, 2.24) is 4.90 Å². The molecule has 2 saturated heterocycles. The molecule has 2 aliphatic rings. The molecule has 2 unspecified atom stereocenters. The molecule has 0 radical (unpaired) electrons. The van der Waals surface area contributed by atoms with Gasteiger partial charge >= 0.3 is 0 Å². The van der Waals surface area contributed by atoms with Crippen molar-refractivity contribution >= 4 is 5.78 Å². The Hall–Kier alpha value is -2.51. The van der Waals surface area contributed by atoms with Crippen molar-refractivity contribution in [2.75, 3.05) is 0 Å². The molecule has 0 amide bonds. The van der Waals surface area contributed by atoms with E-state index in [9.17, 15) is 9.18 Å². The van der Waals surface area contributed by atoms with E-state index < -0.39 is 5.82 Å². The molecule has 138 valence electrons. The van der Waals surface area contributed by atoms with Crippen LogP contribution in [0.2, 0.25) is 0 Å². The lowest BCUT2D eigenvalue weighted by molar-refractivity contribution is 0.0674. The number of benzene rings is 2. The molecular formula is C23H23FN2O. The Kier molecular flexibility index (Phi) is 5.05. The van der Waals surface area contributed by atoms with Gasteiger partial charge in [0.2, 0.25) is 0 Å². The van der Waals surface area contributed by atoms with Crippen molar-refractivity contribution < 1.29 is 9.18 Å². The smallest absolute Gasteiger partial charge is 0.169 e. The lowest BCUT2D eigenvalue weighted by Crippen LogP contribution is -2.44. The summed E-state index contributed by atoms with van der Waals surface area (Å²) in [4.78, 5) is 15.5. The number of hydrogen-bond donors (Lipinski definition) is 0. The summed E-state index contributed by atoms with van der Waals surface area (Å²) >= 11 is 0. The van der Waals surface area contributed by atoms with Crippen LogP contribution in [0.1, 0.15) is 47.2 Å². The Labute approximate surface area is 159 Å². The minimum Gasteiger partial charge on any atom is -0.294 e. The molecule has 0 spiro atoms. The van der Waals surface area contributed by atoms with Crippen molar-refractivity contribution in [3.8, 4) is 6.07 Å². The molecular weight excluding hydrogens is 339 g/mol. The maximum atomic E-state index is 14.4. The molecule has 2 fully saturated rings. The zero-order valence-corrected chi connectivity index (χ0v) is 15.3. The molecule has 0 aromatic heterocycles. The van der Waals surface area contributed by atoms with E-state index in [-0.39, 0.29) is 23.7 Å². The summed E-state index contributed by atoms with van der Waals surface area (Å²) in [6, 6.07) is 17.8. The van der Waals surface area contributed by atoms with Crippen LogP contribution in [0.25, 0.3) is 0 Å². The highest BCUT2D eigenvalue weighted by Crippen LogP contribution is 2.40. The lowest BCUT2D eigenvalue weighted by atomic mass is 9.84. The third-order valence-electron chi connectivity index (χ3n) is 6.05. The maximum Gasteiger partial charge on any atom is 0.169 e. The normalized spacial score (nSPS) is 24.5. The summed E-state index contributed by atoms with van der Waals surface area (Å²) in [6.45, 7) is 0.925. The molecule has 2 heterocycles. The molecule has 27 heavy (non-hydrogen) atoms. The average molecular weight is 362 g/mol. The summed E-state index contributed by atoms with van der Waals surface area (Å²) < 4.78 is 14.4. The summed E-state index contributed by atoms with van der Waals surface area (Å²) in [5.41, 5.74) is 2.10. The minimum atomic E-state index is -0.494. The van der Waals surface area contributed by atoms with Crippen molar-refractivity contribution in [1.29, 1.82) is 5.26 Å². The highest BCUT2D eigenvalue weighted by atomic mass is 19.1. The van der Waals surface area contributed by atoms with Crippen LogP contribution < -0.4 is 0 Å². The first-order valence-electron chi connectivity index (χ1n) is 9.65. The second kappa shape index (κ2) is 7.62. The van der Waals surface area contributed by atoms with Crippen molar-refractivity contribution in [2.45, 2.75) is 50.7 Å². The third-order valence-corrected chi connectivity index (χ3v) is 6.05. The highest BCUT2D eigenvalue weighted by molar-refractivity contribution is 5.98. The van der Waals surface area contributed by atoms with E-state index in [4.69, 9.17) is 5.26 Å². The van der Waals surface area contributed by atoms with E-state index in [1.807, 2.05) is 12.1 Å². The summed E-state index contributed by atoms with van der Waals surface area (Å²) in [5.74, 6) is -0.676. The van der Waals surface area contributed by atoms with Gasteiger partial charge in [0.15, 0.2) is 5.78 Å². The van der Waals surface area contributed by atoms with E-state index in [0.29, 0.717) is 17.6 Å². The number of Topliss-reactive ketones (excluding diaryl/α,β-unsaturated/α-hetero) is 1. The Morgan fingerprint density at radius 3 is 2.41 bits per heavy atom. The zero-order valence-electron chi connectivity index (χ0n) is 15.3. The van der Waals surface area contributed by atoms with Gasteiger partial charge in [-0.05, 0) is 48.9 Å². The molecule has 2 atom stereocenters. The number of halogens is 1. The Balaban J connectivity index is 1.47. The first-order valence-corrected chi connectivity index (χ1v) is 9.65. The molecule has 2 aromatic carbocycles. The molecule has 2 aromatic rings. The number of carbonyl (C=O) groups excluding carboxylic acids is 1. The molecule has 2 bridgehead atoms. The largest absolute Gasteiger partial charge is 0.294 e. The SMILES string of the molecule is N#CCc1ccc(C(=O)C2CC3CCC(C2)N3Cc2ccccc2)c(F)c1. The predicted molar refractivity (Wildman–Crippen MR) is 102 cm³/mol. The fraction of sp³-hybridized carbons (Fsp3) is 0.391. The topological polar surface area (TPSA) is 44.1 Å². The molecule has 4 rings (SSSR count). The van der Waals surface area contributed by atoms with Crippen molar-refractivity contribution in [2.24, 2.45) is 5.92 Å². The van der Waals surface area contributed by atoms with E-state index in [0.717, 1.165) is 32.2 Å². The van der Waals surface area contributed by atoms with Crippen LogP contribution >= 0.6 is 0 Å². The van der Waals surface area contributed by atoms with Crippen LogP contribution in [0.4, 0.5) is 4.39 Å². The van der Waals surface area contributed by atoms with E-state index in [2.05, 4.69) is 29.2 Å². The van der Waals surface area contributed by atoms with Gasteiger partial charge in [-0.2, -0.15) is 5.26 Å². The Morgan fingerprint density at radius 2 is 1.78 bits per heavy atom. The predicted octanol–water partition coefficient (Wildman–Crippen LogP) is 4.52. The minimum absolute atomic E-state index is 0.0766. The number of nitrogens with zero attached hydrogens (tertiary/aromatic N) is 2. The van der Waals surface area contributed by atoms with Gasteiger partial charge in [-0.3, -0.25) is 9.69 Å². The van der Waals surface area contributed by atoms with E-state index in [1.54, 1.807) is 12.1 Å². The Bertz CT molecular complexity index is 860. The second-order valence-corrected chi connectivity index (χ2v) is 7.72. The van der Waals surface area contributed by atoms with Crippen LogP contribution in [0.5, 0.6) is 0 Å². The zero-order chi connectivity index (χ0) is 18.8. The molecule has 2 aliphatic heterocycles. The number of rotatable bonds is 5. The summed E-state index contributed by atoms with van der Waals surface area (Å²) in [6.07, 6.45) is 4.01. The van der Waals surface area contributed by atoms with Gasteiger partial charge in [0.25, 0.3) is 0 Å². The average Bonchev–Trinajstić information content (AvgIpc) is 2.90. The first kappa shape index (κ1) is 17.9. The molecule has 0 aliphatic carbocycles. The molecule has 3 nitrogen and oxygen atoms in total. The van der Waals surface area contributed by atoms with Crippen molar-refractivity contribution in [3.05, 3.63) is 71.0 Å².